The van der Waals surface area contributed by atoms with Crippen LogP contribution in [0, 0.1) is 6.92 Å². The summed E-state index contributed by atoms with van der Waals surface area (Å²) in [6.07, 6.45) is 0. The van der Waals surface area contributed by atoms with Gasteiger partial charge < -0.3 is 4.55 Å². The number of hydrogen-bond donors (Lipinski definition) is 1. The second-order valence-corrected chi connectivity index (χ2v) is 11.3. The number of aromatic nitrogens is 4. The van der Waals surface area contributed by atoms with Crippen molar-refractivity contribution in [3.05, 3.63) is 57.9 Å². The Labute approximate surface area is 190 Å². The highest BCUT2D eigenvalue weighted by Crippen LogP contribution is 2.30. The van der Waals surface area contributed by atoms with E-state index in [9.17, 15) is 9.35 Å². The van der Waals surface area contributed by atoms with Gasteiger partial charge >= 0.3 is 0 Å². The third-order valence-corrected chi connectivity index (χ3v) is 7.31. The Morgan fingerprint density at radius 3 is 2.50 bits per heavy atom. The first kappa shape index (κ1) is 22.5. The van der Waals surface area contributed by atoms with Crippen molar-refractivity contribution in [1.29, 1.82) is 0 Å². The summed E-state index contributed by atoms with van der Waals surface area (Å²) in [5, 5.41) is 6.15. The molecule has 168 valence electrons. The summed E-state index contributed by atoms with van der Waals surface area (Å²) < 4.78 is 18.9. The Morgan fingerprint density at radius 1 is 1.12 bits per heavy atom. The predicted octanol–water partition coefficient (Wildman–Crippen LogP) is 3.91. The first-order valence-corrected chi connectivity index (χ1v) is 11.8. The zero-order chi connectivity index (χ0) is 23.4. The van der Waals surface area contributed by atoms with Crippen molar-refractivity contribution < 1.29 is 4.55 Å². The van der Waals surface area contributed by atoms with Gasteiger partial charge in [-0.2, -0.15) is 5.10 Å². The molecule has 0 saturated heterocycles. The molecule has 2 aromatic carbocycles. The molecule has 0 aliphatic heterocycles. The van der Waals surface area contributed by atoms with Gasteiger partial charge in [0.1, 0.15) is 10.4 Å². The molecule has 0 aliphatic rings. The predicted molar refractivity (Wildman–Crippen MR) is 131 cm³/mol. The maximum atomic E-state index is 13.4. The van der Waals surface area contributed by atoms with Gasteiger partial charge in [-0.1, -0.05) is 24.3 Å². The topological polar surface area (TPSA) is 87.8 Å². The molecule has 0 amide bonds. The number of aryl methyl sites for hydroxylation is 2. The molecule has 1 N–H and O–H groups in total. The average molecular weight is 452 g/mol. The van der Waals surface area contributed by atoms with Gasteiger partial charge in [-0.15, -0.1) is 4.72 Å². The van der Waals surface area contributed by atoms with Crippen LogP contribution in [0.1, 0.15) is 44.9 Å². The number of para-hydroxylation sites is 1. The van der Waals surface area contributed by atoms with Crippen LogP contribution < -0.4 is 10.3 Å². The second-order valence-electron chi connectivity index (χ2n) is 9.26. The number of fused-ring (bicyclic) bond motifs is 2. The molecule has 32 heavy (non-hydrogen) atoms. The smallest absolute Gasteiger partial charge is 0.261 e. The van der Waals surface area contributed by atoms with Gasteiger partial charge in [0.15, 0.2) is 5.82 Å². The molecule has 7 nitrogen and oxygen atoms in total. The summed E-state index contributed by atoms with van der Waals surface area (Å²) in [7, 11) is 3.61. The summed E-state index contributed by atoms with van der Waals surface area (Å²) in [4.78, 5) is 18.3. The van der Waals surface area contributed by atoms with E-state index in [4.69, 9.17) is 4.98 Å². The number of benzene rings is 2. The van der Waals surface area contributed by atoms with Crippen LogP contribution in [-0.4, -0.2) is 28.6 Å². The van der Waals surface area contributed by atoms with Gasteiger partial charge in [-0.05, 0) is 52.3 Å². The molecular formula is C24H29N5O2S. The lowest BCUT2D eigenvalue weighted by molar-refractivity contribution is 0.531. The van der Waals surface area contributed by atoms with Crippen molar-refractivity contribution in [2.45, 2.75) is 45.4 Å². The molecule has 4 aromatic rings. The van der Waals surface area contributed by atoms with Crippen LogP contribution in [0.25, 0.3) is 33.3 Å². The first-order valence-electron chi connectivity index (χ1n) is 10.6. The Balaban J connectivity index is 1.96. The molecule has 0 spiro atoms. The summed E-state index contributed by atoms with van der Waals surface area (Å²) >= 11 is -1.26. The number of nitrogens with one attached hydrogen (secondary N) is 1. The lowest BCUT2D eigenvalue weighted by atomic mass is 10.0. The molecule has 2 atom stereocenters. The van der Waals surface area contributed by atoms with Gasteiger partial charge in [-0.3, -0.25) is 14.0 Å². The van der Waals surface area contributed by atoms with Gasteiger partial charge in [0.25, 0.3) is 5.56 Å². The minimum atomic E-state index is -1.26. The van der Waals surface area contributed by atoms with E-state index in [1.54, 1.807) is 16.3 Å². The van der Waals surface area contributed by atoms with E-state index in [1.165, 1.54) is 0 Å². The van der Waals surface area contributed by atoms with Crippen molar-refractivity contribution in [3.8, 4) is 11.5 Å². The molecule has 0 bridgehead atoms. The lowest BCUT2D eigenvalue weighted by Crippen LogP contribution is -2.40. The van der Waals surface area contributed by atoms with E-state index in [1.807, 2.05) is 78.1 Å². The second kappa shape index (κ2) is 8.03. The van der Waals surface area contributed by atoms with Crippen LogP contribution in [0.4, 0.5) is 0 Å². The molecule has 2 heterocycles. The van der Waals surface area contributed by atoms with Crippen molar-refractivity contribution in [1.82, 2.24) is 24.1 Å². The highest BCUT2D eigenvalue weighted by molar-refractivity contribution is 7.90. The van der Waals surface area contributed by atoms with Crippen molar-refractivity contribution in [3.63, 3.8) is 0 Å². The minimum absolute atomic E-state index is 0.131. The summed E-state index contributed by atoms with van der Waals surface area (Å²) in [6.45, 7) is 9.68. The largest absolute Gasteiger partial charge is 0.598 e. The normalized spacial score (nSPS) is 14.2. The SMILES string of the molecule is Cc1cc(C(C)N[S+]([O-])C(C)(C)C)c2nc(-c3nn(C)c4ccccc34)n(C)c(=O)c2c1. The molecule has 4 rings (SSSR count). The Morgan fingerprint density at radius 2 is 1.81 bits per heavy atom. The lowest BCUT2D eigenvalue weighted by Gasteiger charge is -2.27. The quantitative estimate of drug-likeness (QED) is 0.475. The standard InChI is InChI=1S/C24H29N5O2S/c1-14-12-17(15(2)27-32(31)24(3,4)5)20-18(13-14)23(30)28(6)22(25-20)21-16-10-8-9-11-19(16)29(7)26-21/h8-13,15,27H,1-7H3. The van der Waals surface area contributed by atoms with Crippen molar-refractivity contribution >= 4 is 33.2 Å². The zero-order valence-electron chi connectivity index (χ0n) is 19.6. The highest BCUT2D eigenvalue weighted by Gasteiger charge is 2.29. The highest BCUT2D eigenvalue weighted by atomic mass is 32.2. The Bertz CT molecular complexity index is 1380. The maximum absolute atomic E-state index is 13.4. The fourth-order valence-corrected chi connectivity index (χ4v) is 4.68. The first-order chi connectivity index (χ1) is 15.0. The molecule has 0 saturated carbocycles. The van der Waals surface area contributed by atoms with Crippen LogP contribution in [0.2, 0.25) is 0 Å². The van der Waals surface area contributed by atoms with Crippen LogP contribution in [0.3, 0.4) is 0 Å². The molecule has 0 radical (unpaired) electrons. The summed E-state index contributed by atoms with van der Waals surface area (Å²) in [5.74, 6) is 0.508. The summed E-state index contributed by atoms with van der Waals surface area (Å²) in [5.41, 5.74) is 3.91. The van der Waals surface area contributed by atoms with Crippen LogP contribution in [0.15, 0.2) is 41.2 Å². The van der Waals surface area contributed by atoms with Gasteiger partial charge in [-0.25, -0.2) is 4.98 Å². The van der Waals surface area contributed by atoms with E-state index in [0.29, 0.717) is 22.4 Å². The van der Waals surface area contributed by atoms with Gasteiger partial charge in [0.05, 0.1) is 22.5 Å². The van der Waals surface area contributed by atoms with Gasteiger partial charge in [0, 0.05) is 36.4 Å². The molecule has 0 aliphatic carbocycles. The third kappa shape index (κ3) is 3.83. The van der Waals surface area contributed by atoms with E-state index in [-0.39, 0.29) is 11.6 Å². The van der Waals surface area contributed by atoms with Crippen LogP contribution >= 0.6 is 0 Å². The molecule has 2 unspecified atom stereocenters. The van der Waals surface area contributed by atoms with Crippen molar-refractivity contribution in [2.24, 2.45) is 14.1 Å². The third-order valence-electron chi connectivity index (χ3n) is 5.63. The maximum Gasteiger partial charge on any atom is 0.261 e. The fraction of sp³-hybridized carbons (Fsp3) is 0.375. The Kier molecular flexibility index (Phi) is 5.65. The van der Waals surface area contributed by atoms with Gasteiger partial charge in [0.2, 0.25) is 0 Å². The Hall–Kier alpha value is -2.68. The number of hydrogen-bond acceptors (Lipinski definition) is 5. The van der Waals surface area contributed by atoms with Crippen LogP contribution in [-0.2, 0) is 25.5 Å². The monoisotopic (exact) mass is 451 g/mol. The minimum Gasteiger partial charge on any atom is -0.598 e. The van der Waals surface area contributed by atoms with E-state index < -0.39 is 16.1 Å². The van der Waals surface area contributed by atoms with Crippen molar-refractivity contribution in [2.75, 3.05) is 0 Å². The average Bonchev–Trinajstić information content (AvgIpc) is 3.06. The van der Waals surface area contributed by atoms with Crippen LogP contribution in [0.5, 0.6) is 0 Å². The summed E-state index contributed by atoms with van der Waals surface area (Å²) in [6, 6.07) is 11.5. The molecule has 8 heteroatoms. The molecular weight excluding hydrogens is 422 g/mol. The van der Waals surface area contributed by atoms with E-state index >= 15 is 0 Å². The van der Waals surface area contributed by atoms with E-state index in [0.717, 1.165) is 22.0 Å². The molecule has 0 fully saturated rings. The number of nitrogens with zero attached hydrogens (tertiary/aromatic N) is 4. The molecule has 2 aromatic heterocycles. The number of rotatable bonds is 4. The van der Waals surface area contributed by atoms with E-state index in [2.05, 4.69) is 9.82 Å². The zero-order valence-corrected chi connectivity index (χ0v) is 20.4. The fourth-order valence-electron chi connectivity index (χ4n) is 3.87.